The summed E-state index contributed by atoms with van der Waals surface area (Å²) in [6.45, 7) is 5.50. The van der Waals surface area contributed by atoms with Crippen molar-refractivity contribution in [2.24, 2.45) is 0 Å². The number of fused-ring (bicyclic) bond motifs is 1. The Morgan fingerprint density at radius 2 is 1.95 bits per heavy atom. The zero-order valence-corrected chi connectivity index (χ0v) is 23.7. The molecular formula is C28H31F2N5O5S. The summed E-state index contributed by atoms with van der Waals surface area (Å²) in [4.78, 5) is 40.9. The Balaban J connectivity index is 1.47. The van der Waals surface area contributed by atoms with Gasteiger partial charge in [-0.2, -0.15) is 0 Å². The number of ether oxygens (including phenoxy) is 2. The van der Waals surface area contributed by atoms with Crippen LogP contribution in [0.1, 0.15) is 60.6 Å². The van der Waals surface area contributed by atoms with Crippen molar-refractivity contribution in [3.05, 3.63) is 62.5 Å². The number of carbonyl (C=O) groups excluding carboxylic acids is 2. The molecule has 2 aromatic heterocycles. The van der Waals surface area contributed by atoms with E-state index in [1.807, 2.05) is 6.92 Å². The van der Waals surface area contributed by atoms with Crippen molar-refractivity contribution in [2.75, 3.05) is 26.3 Å². The number of carbonyl (C=O) groups is 2. The van der Waals surface area contributed by atoms with Gasteiger partial charge in [0.2, 0.25) is 5.43 Å². The highest BCUT2D eigenvalue weighted by atomic mass is 32.1. The molecule has 0 unspecified atom stereocenters. The highest BCUT2D eigenvalue weighted by molar-refractivity contribution is 7.14. The van der Waals surface area contributed by atoms with Crippen LogP contribution in [-0.2, 0) is 17.7 Å². The van der Waals surface area contributed by atoms with Gasteiger partial charge in [0.05, 0.1) is 24.3 Å². The van der Waals surface area contributed by atoms with Crippen LogP contribution in [0.3, 0.4) is 0 Å². The lowest BCUT2D eigenvalue weighted by molar-refractivity contribution is 0.0608. The van der Waals surface area contributed by atoms with Crippen molar-refractivity contribution in [1.82, 2.24) is 25.0 Å². The molecule has 5 rings (SSSR count). The molecule has 0 radical (unpaired) electrons. The fourth-order valence-electron chi connectivity index (χ4n) is 5.15. The van der Waals surface area contributed by atoms with Gasteiger partial charge in [0.25, 0.3) is 5.91 Å². The summed E-state index contributed by atoms with van der Waals surface area (Å²) in [7, 11) is 0. The maximum absolute atomic E-state index is 14.2. The molecule has 1 N–H and O–H groups in total. The number of piperidine rings is 1. The Hall–Kier alpha value is -3.87. The van der Waals surface area contributed by atoms with Crippen LogP contribution in [0.5, 0.6) is 5.75 Å². The molecule has 4 heterocycles. The topological polar surface area (TPSA) is 116 Å². The first-order valence-electron chi connectivity index (χ1n) is 13.6. The van der Waals surface area contributed by atoms with E-state index in [-0.39, 0.29) is 48.3 Å². The predicted molar refractivity (Wildman–Crippen MR) is 147 cm³/mol. The van der Waals surface area contributed by atoms with Crippen molar-refractivity contribution in [1.29, 1.82) is 0 Å². The smallest absolute Gasteiger partial charge is 0.409 e. The average Bonchev–Trinajstić information content (AvgIpc) is 3.40. The molecule has 2 aliphatic heterocycles. The van der Waals surface area contributed by atoms with E-state index in [2.05, 4.69) is 15.5 Å². The van der Waals surface area contributed by atoms with E-state index < -0.39 is 28.5 Å². The van der Waals surface area contributed by atoms with Crippen LogP contribution in [-0.4, -0.2) is 63.5 Å². The zero-order chi connectivity index (χ0) is 29.1. The maximum atomic E-state index is 14.2. The maximum Gasteiger partial charge on any atom is 0.409 e. The Labute approximate surface area is 239 Å². The molecule has 0 atom stereocenters. The van der Waals surface area contributed by atoms with Crippen molar-refractivity contribution >= 4 is 23.3 Å². The predicted octanol–water partition coefficient (Wildman–Crippen LogP) is 4.15. The Bertz CT molecular complexity index is 1520. The fraction of sp³-hybridized carbons (Fsp3) is 0.464. The zero-order valence-electron chi connectivity index (χ0n) is 22.9. The van der Waals surface area contributed by atoms with Crippen LogP contribution in [0.25, 0.3) is 10.6 Å². The number of nitrogens with one attached hydrogen (secondary N) is 1. The van der Waals surface area contributed by atoms with Gasteiger partial charge >= 0.3 is 6.09 Å². The first-order chi connectivity index (χ1) is 19.7. The second-order valence-corrected chi connectivity index (χ2v) is 11.3. The lowest BCUT2D eigenvalue weighted by Gasteiger charge is -2.45. The van der Waals surface area contributed by atoms with Crippen molar-refractivity contribution < 1.29 is 27.8 Å². The minimum atomic E-state index is -0.687. The van der Waals surface area contributed by atoms with Gasteiger partial charge in [-0.05, 0) is 37.8 Å². The van der Waals surface area contributed by atoms with E-state index >= 15 is 0 Å². The molecular weight excluding hydrogens is 556 g/mol. The summed E-state index contributed by atoms with van der Waals surface area (Å²) in [5, 5.41) is 12.2. The third-order valence-corrected chi connectivity index (χ3v) is 8.31. The Kier molecular flexibility index (Phi) is 8.34. The summed E-state index contributed by atoms with van der Waals surface area (Å²) in [5.74, 6) is -1.82. The molecule has 10 nitrogen and oxygen atoms in total. The van der Waals surface area contributed by atoms with Gasteiger partial charge in [-0.3, -0.25) is 9.59 Å². The van der Waals surface area contributed by atoms with Crippen LogP contribution in [0, 0.1) is 11.6 Å². The van der Waals surface area contributed by atoms with E-state index in [9.17, 15) is 23.2 Å². The van der Waals surface area contributed by atoms with Crippen molar-refractivity contribution in [2.45, 2.75) is 58.0 Å². The summed E-state index contributed by atoms with van der Waals surface area (Å²) in [6.07, 6.45) is 3.87. The molecule has 2 amide bonds. The van der Waals surface area contributed by atoms with Gasteiger partial charge in [-0.1, -0.05) is 30.7 Å². The molecule has 41 heavy (non-hydrogen) atoms. The Morgan fingerprint density at radius 3 is 2.66 bits per heavy atom. The number of likely N-dealkylation sites (tertiary alicyclic amines) is 1. The molecule has 1 aromatic carbocycles. The lowest BCUT2D eigenvalue weighted by Crippen LogP contribution is -2.61. The van der Waals surface area contributed by atoms with Crippen LogP contribution in [0.2, 0.25) is 0 Å². The third kappa shape index (κ3) is 5.95. The highest BCUT2D eigenvalue weighted by Crippen LogP contribution is 2.33. The number of halogens is 2. The van der Waals surface area contributed by atoms with Gasteiger partial charge in [-0.25, -0.2) is 13.6 Å². The molecule has 2 aliphatic rings. The van der Waals surface area contributed by atoms with E-state index in [1.54, 1.807) is 22.6 Å². The van der Waals surface area contributed by atoms with Crippen molar-refractivity contribution in [3.63, 3.8) is 0 Å². The largest absolute Gasteiger partial charge is 0.487 e. The second-order valence-electron chi connectivity index (χ2n) is 10.2. The molecule has 0 saturated carbocycles. The number of unbranched alkanes of at least 4 members (excludes halogenated alkanes) is 1. The number of hydrogen-bond acceptors (Lipinski definition) is 8. The minimum absolute atomic E-state index is 0.0476. The number of pyridine rings is 1. The fourth-order valence-corrected chi connectivity index (χ4v) is 6.01. The molecule has 1 saturated heterocycles. The molecule has 0 aliphatic carbocycles. The number of hydrogen-bond donors (Lipinski definition) is 1. The quantitative estimate of drug-likeness (QED) is 0.394. The monoisotopic (exact) mass is 587 g/mol. The summed E-state index contributed by atoms with van der Waals surface area (Å²) < 4.78 is 40.3. The van der Waals surface area contributed by atoms with Gasteiger partial charge in [-0.15, -0.1) is 10.2 Å². The van der Waals surface area contributed by atoms with E-state index in [1.165, 1.54) is 12.1 Å². The normalized spacial score (nSPS) is 15.9. The molecule has 0 bridgehead atoms. The second kappa shape index (κ2) is 11.9. The SMILES string of the molecule is CCCCOc1c2n(cc(-c3nnc(Cc4ccc(F)cc4F)s3)c1=O)CC1(CCN(C(=O)OCC)CC1)NC2=O. The van der Waals surface area contributed by atoms with Crippen molar-refractivity contribution in [3.8, 4) is 16.3 Å². The van der Waals surface area contributed by atoms with Gasteiger partial charge in [0, 0.05) is 38.3 Å². The molecule has 218 valence electrons. The van der Waals surface area contributed by atoms with Crippen LogP contribution >= 0.6 is 11.3 Å². The van der Waals surface area contributed by atoms with E-state index in [0.29, 0.717) is 48.9 Å². The summed E-state index contributed by atoms with van der Waals surface area (Å²) >= 11 is 1.12. The first kappa shape index (κ1) is 28.7. The van der Waals surface area contributed by atoms with Gasteiger partial charge in [0.15, 0.2) is 16.5 Å². The molecule has 1 spiro atoms. The first-order valence-corrected chi connectivity index (χ1v) is 14.5. The number of amides is 2. The van der Waals surface area contributed by atoms with Crippen LogP contribution < -0.4 is 15.5 Å². The van der Waals surface area contributed by atoms with Gasteiger partial charge in [0.1, 0.15) is 16.6 Å². The summed E-state index contributed by atoms with van der Waals surface area (Å²) in [5.41, 5.74) is -0.477. The summed E-state index contributed by atoms with van der Waals surface area (Å²) in [6, 6.07) is 3.34. The van der Waals surface area contributed by atoms with E-state index in [4.69, 9.17) is 9.47 Å². The standard InChI is InChI=1S/C28H31F2N5O5S/c1-3-5-12-40-24-22-25(37)31-28(8-10-34(11-9-28)27(38)39-4-2)16-35(22)15-19(23(24)36)26-33-32-21(41-26)13-17-6-7-18(29)14-20(17)30/h6-7,14-15H,3-5,8-13,16H2,1-2H3,(H,31,37). The highest BCUT2D eigenvalue weighted by Gasteiger charge is 2.43. The van der Waals surface area contributed by atoms with E-state index in [0.717, 1.165) is 23.8 Å². The van der Waals surface area contributed by atoms with Gasteiger partial charge < -0.3 is 24.3 Å². The molecule has 13 heteroatoms. The van der Waals surface area contributed by atoms with Crippen LogP contribution in [0.4, 0.5) is 13.6 Å². The molecule has 1 fully saturated rings. The number of benzene rings is 1. The Morgan fingerprint density at radius 1 is 1.17 bits per heavy atom. The average molecular weight is 588 g/mol. The molecule has 3 aromatic rings. The third-order valence-electron chi connectivity index (χ3n) is 7.35. The number of nitrogens with zero attached hydrogens (tertiary/aromatic N) is 4. The van der Waals surface area contributed by atoms with Crippen LogP contribution in [0.15, 0.2) is 29.2 Å². The number of rotatable bonds is 8. The number of aromatic nitrogens is 3. The lowest BCUT2D eigenvalue weighted by atomic mass is 9.85. The minimum Gasteiger partial charge on any atom is -0.487 e.